The molecule has 0 aliphatic rings. The summed E-state index contributed by atoms with van der Waals surface area (Å²) in [5, 5.41) is 5.31. The quantitative estimate of drug-likeness (QED) is 0.706. The van der Waals surface area contributed by atoms with Crippen LogP contribution in [-0.4, -0.2) is 24.4 Å². The number of hydrogen-bond acceptors (Lipinski definition) is 4. The summed E-state index contributed by atoms with van der Waals surface area (Å²) in [7, 11) is 0. The third-order valence-corrected chi connectivity index (χ3v) is 4.10. The Hall–Kier alpha value is -3.15. The predicted molar refractivity (Wildman–Crippen MR) is 105 cm³/mol. The number of benzene rings is 2. The normalized spacial score (nSPS) is 10.2. The third-order valence-electron chi connectivity index (χ3n) is 4.10. The first-order valence-electron chi connectivity index (χ1n) is 8.83. The summed E-state index contributed by atoms with van der Waals surface area (Å²) >= 11 is 0. The number of anilines is 2. The molecule has 0 fully saturated rings. The monoisotopic (exact) mass is 368 g/mol. The van der Waals surface area contributed by atoms with Crippen molar-refractivity contribution in [2.75, 3.05) is 17.2 Å². The van der Waals surface area contributed by atoms with Crippen LogP contribution in [0.3, 0.4) is 0 Å². The van der Waals surface area contributed by atoms with E-state index in [2.05, 4.69) is 10.6 Å². The van der Waals surface area contributed by atoms with Gasteiger partial charge in [0.15, 0.2) is 5.78 Å². The fraction of sp³-hybridized carbons (Fsp3) is 0.286. The van der Waals surface area contributed by atoms with E-state index in [-0.39, 0.29) is 24.5 Å². The SMILES string of the molecule is CCOC(=O)Nc1ccc(NC(=O)CCC(=O)c2ccc(C)c(C)c2)cc1. The lowest BCUT2D eigenvalue weighted by Gasteiger charge is -2.08. The maximum absolute atomic E-state index is 12.2. The molecule has 0 bridgehead atoms. The van der Waals surface area contributed by atoms with Crippen LogP contribution in [0.4, 0.5) is 16.2 Å². The van der Waals surface area contributed by atoms with Gasteiger partial charge < -0.3 is 10.1 Å². The van der Waals surface area contributed by atoms with Crippen LogP contribution < -0.4 is 10.6 Å². The van der Waals surface area contributed by atoms with Crippen molar-refractivity contribution in [2.45, 2.75) is 33.6 Å². The maximum Gasteiger partial charge on any atom is 0.411 e. The van der Waals surface area contributed by atoms with Gasteiger partial charge >= 0.3 is 6.09 Å². The first-order valence-corrected chi connectivity index (χ1v) is 8.83. The summed E-state index contributed by atoms with van der Waals surface area (Å²) < 4.78 is 4.79. The van der Waals surface area contributed by atoms with Gasteiger partial charge in [0.25, 0.3) is 0 Å². The number of aryl methyl sites for hydroxylation is 2. The van der Waals surface area contributed by atoms with Gasteiger partial charge in [0, 0.05) is 29.8 Å². The van der Waals surface area contributed by atoms with E-state index in [9.17, 15) is 14.4 Å². The summed E-state index contributed by atoms with van der Waals surface area (Å²) in [5.74, 6) is -0.291. The predicted octanol–water partition coefficient (Wildman–Crippen LogP) is 4.47. The molecule has 0 spiro atoms. The zero-order chi connectivity index (χ0) is 19.8. The Morgan fingerprint density at radius 2 is 1.48 bits per heavy atom. The lowest BCUT2D eigenvalue weighted by molar-refractivity contribution is -0.116. The molecule has 2 rings (SSSR count). The maximum atomic E-state index is 12.2. The van der Waals surface area contributed by atoms with Gasteiger partial charge in [-0.1, -0.05) is 12.1 Å². The molecule has 142 valence electrons. The van der Waals surface area contributed by atoms with Gasteiger partial charge in [-0.3, -0.25) is 14.9 Å². The molecular weight excluding hydrogens is 344 g/mol. The molecule has 0 heterocycles. The summed E-state index contributed by atoms with van der Waals surface area (Å²) in [6.07, 6.45) is -0.273. The molecule has 2 N–H and O–H groups in total. The van der Waals surface area contributed by atoms with Crippen LogP contribution in [0.25, 0.3) is 0 Å². The molecule has 2 aromatic carbocycles. The van der Waals surface area contributed by atoms with E-state index in [1.54, 1.807) is 37.3 Å². The number of ether oxygens (including phenoxy) is 1. The minimum Gasteiger partial charge on any atom is -0.450 e. The highest BCUT2D eigenvalue weighted by atomic mass is 16.5. The molecule has 0 aliphatic heterocycles. The number of rotatable bonds is 7. The molecule has 6 heteroatoms. The Kier molecular flexibility index (Phi) is 7.11. The molecule has 0 saturated heterocycles. The number of amides is 2. The van der Waals surface area contributed by atoms with Crippen LogP contribution in [0.15, 0.2) is 42.5 Å². The fourth-order valence-electron chi connectivity index (χ4n) is 2.43. The van der Waals surface area contributed by atoms with Crippen molar-refractivity contribution in [3.8, 4) is 0 Å². The number of Topliss-reactive ketones (excluding diaryl/α,β-unsaturated/α-hetero) is 1. The summed E-state index contributed by atoms with van der Waals surface area (Å²) in [6, 6.07) is 12.2. The number of carbonyl (C=O) groups excluding carboxylic acids is 3. The second-order valence-electron chi connectivity index (χ2n) is 6.19. The summed E-state index contributed by atoms with van der Waals surface area (Å²) in [4.78, 5) is 35.6. The van der Waals surface area contributed by atoms with Crippen LogP contribution in [0.1, 0.15) is 41.3 Å². The standard InChI is InChI=1S/C21H24N2O4/c1-4-27-21(26)23-18-9-7-17(8-10-18)22-20(25)12-11-19(24)16-6-5-14(2)15(3)13-16/h5-10,13H,4,11-12H2,1-3H3,(H,22,25)(H,23,26). The average Bonchev–Trinajstić information content (AvgIpc) is 2.64. The Labute approximate surface area is 158 Å². The lowest BCUT2D eigenvalue weighted by Crippen LogP contribution is -2.14. The van der Waals surface area contributed by atoms with Crippen molar-refractivity contribution in [3.63, 3.8) is 0 Å². The Morgan fingerprint density at radius 1 is 0.852 bits per heavy atom. The number of hydrogen-bond donors (Lipinski definition) is 2. The molecule has 0 radical (unpaired) electrons. The topological polar surface area (TPSA) is 84.5 Å². The molecule has 0 unspecified atom stereocenters. The van der Waals surface area contributed by atoms with Crippen LogP contribution >= 0.6 is 0 Å². The average molecular weight is 368 g/mol. The molecule has 6 nitrogen and oxygen atoms in total. The second kappa shape index (κ2) is 9.52. The van der Waals surface area contributed by atoms with Crippen molar-refractivity contribution in [3.05, 3.63) is 59.2 Å². The highest BCUT2D eigenvalue weighted by molar-refractivity contribution is 6.00. The van der Waals surface area contributed by atoms with E-state index >= 15 is 0 Å². The van der Waals surface area contributed by atoms with Gasteiger partial charge in [-0.15, -0.1) is 0 Å². The zero-order valence-corrected chi connectivity index (χ0v) is 15.8. The van der Waals surface area contributed by atoms with Crippen molar-refractivity contribution in [1.29, 1.82) is 0 Å². The molecule has 2 amide bonds. The van der Waals surface area contributed by atoms with Crippen LogP contribution in [-0.2, 0) is 9.53 Å². The minimum absolute atomic E-state index is 0.0535. The van der Waals surface area contributed by atoms with Gasteiger partial charge in [-0.2, -0.15) is 0 Å². The van der Waals surface area contributed by atoms with E-state index in [1.165, 1.54) is 0 Å². The third kappa shape index (κ3) is 6.26. The number of ketones is 1. The van der Waals surface area contributed by atoms with Crippen molar-refractivity contribution in [1.82, 2.24) is 0 Å². The van der Waals surface area contributed by atoms with Gasteiger partial charge in [0.05, 0.1) is 6.61 Å². The van der Waals surface area contributed by atoms with Crippen molar-refractivity contribution in [2.24, 2.45) is 0 Å². The highest BCUT2D eigenvalue weighted by Crippen LogP contribution is 2.15. The molecule has 0 aromatic heterocycles. The van der Waals surface area contributed by atoms with E-state index < -0.39 is 6.09 Å². The summed E-state index contributed by atoms with van der Waals surface area (Å²) in [6.45, 7) is 5.97. The molecule has 27 heavy (non-hydrogen) atoms. The molecule has 0 saturated carbocycles. The van der Waals surface area contributed by atoms with E-state index in [0.717, 1.165) is 11.1 Å². The van der Waals surface area contributed by atoms with Gasteiger partial charge in [-0.25, -0.2) is 4.79 Å². The number of nitrogens with one attached hydrogen (secondary N) is 2. The Morgan fingerprint density at radius 3 is 2.07 bits per heavy atom. The highest BCUT2D eigenvalue weighted by Gasteiger charge is 2.11. The largest absolute Gasteiger partial charge is 0.450 e. The van der Waals surface area contributed by atoms with E-state index in [1.807, 2.05) is 26.0 Å². The molecule has 0 atom stereocenters. The Balaban J connectivity index is 1.83. The molecule has 0 aliphatic carbocycles. The Bertz CT molecular complexity index is 829. The zero-order valence-electron chi connectivity index (χ0n) is 15.8. The molecular formula is C21H24N2O4. The van der Waals surface area contributed by atoms with Crippen LogP contribution in [0.5, 0.6) is 0 Å². The van der Waals surface area contributed by atoms with Gasteiger partial charge in [-0.05, 0) is 62.2 Å². The van der Waals surface area contributed by atoms with Crippen LogP contribution in [0, 0.1) is 13.8 Å². The first kappa shape index (κ1) is 20.2. The van der Waals surface area contributed by atoms with Crippen molar-refractivity contribution >= 4 is 29.2 Å². The van der Waals surface area contributed by atoms with E-state index in [4.69, 9.17) is 4.74 Å². The van der Waals surface area contributed by atoms with Gasteiger partial charge in [0.1, 0.15) is 0 Å². The first-order chi connectivity index (χ1) is 12.9. The second-order valence-corrected chi connectivity index (χ2v) is 6.19. The fourth-order valence-corrected chi connectivity index (χ4v) is 2.43. The lowest BCUT2D eigenvalue weighted by atomic mass is 10.0. The minimum atomic E-state index is -0.529. The van der Waals surface area contributed by atoms with Gasteiger partial charge in [0.2, 0.25) is 5.91 Å². The summed E-state index contributed by atoms with van der Waals surface area (Å²) in [5.41, 5.74) is 3.97. The van der Waals surface area contributed by atoms with E-state index in [0.29, 0.717) is 23.5 Å². The van der Waals surface area contributed by atoms with Crippen LogP contribution in [0.2, 0.25) is 0 Å². The smallest absolute Gasteiger partial charge is 0.411 e. The number of carbonyl (C=O) groups is 3. The van der Waals surface area contributed by atoms with Crippen molar-refractivity contribution < 1.29 is 19.1 Å². The molecule has 2 aromatic rings.